The third-order valence-electron chi connectivity index (χ3n) is 2.90. The Labute approximate surface area is 123 Å². The summed E-state index contributed by atoms with van der Waals surface area (Å²) in [7, 11) is 0. The van der Waals surface area contributed by atoms with Crippen molar-refractivity contribution in [3.63, 3.8) is 0 Å². The Hall–Kier alpha value is -2.58. The molecule has 0 aliphatic heterocycles. The number of hydrogen-bond acceptors (Lipinski definition) is 3. The average Bonchev–Trinajstić information content (AvgIpc) is 2.92. The van der Waals surface area contributed by atoms with E-state index in [4.69, 9.17) is 0 Å². The predicted molar refractivity (Wildman–Crippen MR) is 79.5 cm³/mol. The highest BCUT2D eigenvalue weighted by Crippen LogP contribution is 2.28. The van der Waals surface area contributed by atoms with Gasteiger partial charge < -0.3 is 0 Å². The smallest absolute Gasteiger partial charge is 0.159 e. The van der Waals surface area contributed by atoms with Gasteiger partial charge in [-0.05, 0) is 35.9 Å². The van der Waals surface area contributed by atoms with Crippen LogP contribution < -0.4 is 0 Å². The summed E-state index contributed by atoms with van der Waals surface area (Å²) in [6, 6.07) is 13.1. The highest BCUT2D eigenvalue weighted by Gasteiger charge is 2.09. The topological polar surface area (TPSA) is 36.7 Å². The Morgan fingerprint density at radius 1 is 1.14 bits per heavy atom. The molecule has 0 saturated heterocycles. The number of aromatic nitrogens is 1. The molecule has 1 heterocycles. The zero-order valence-electron chi connectivity index (χ0n) is 10.7. The van der Waals surface area contributed by atoms with E-state index in [9.17, 15) is 14.0 Å². The number of halogens is 2. The number of hydrogen-bond donors (Lipinski definition) is 0. The number of allylic oxidation sites excluding steroid dienone is 1. The minimum atomic E-state index is -0.940. The van der Waals surface area contributed by atoms with Crippen molar-refractivity contribution < 1.29 is 8.78 Å². The van der Waals surface area contributed by atoms with E-state index >= 15 is 0 Å². The summed E-state index contributed by atoms with van der Waals surface area (Å²) < 4.78 is 27.1. The molecule has 0 aliphatic rings. The van der Waals surface area contributed by atoms with Crippen molar-refractivity contribution in [1.29, 1.82) is 5.26 Å². The first kappa shape index (κ1) is 13.4. The van der Waals surface area contributed by atoms with Gasteiger partial charge in [0.05, 0.1) is 15.8 Å². The molecule has 21 heavy (non-hydrogen) atoms. The molecular weight excluding hydrogens is 290 g/mol. The fourth-order valence-electron chi connectivity index (χ4n) is 1.90. The number of benzene rings is 2. The summed E-state index contributed by atoms with van der Waals surface area (Å²) in [5.41, 5.74) is 1.55. The van der Waals surface area contributed by atoms with Gasteiger partial charge in [-0.25, -0.2) is 13.8 Å². The first-order valence-electron chi connectivity index (χ1n) is 6.10. The van der Waals surface area contributed by atoms with Crippen LogP contribution in [0.25, 0.3) is 21.9 Å². The lowest BCUT2D eigenvalue weighted by molar-refractivity contribution is 0.508. The molecule has 0 unspecified atom stereocenters. The number of rotatable bonds is 2. The van der Waals surface area contributed by atoms with Crippen LogP contribution in [-0.2, 0) is 0 Å². The molecule has 102 valence electrons. The van der Waals surface area contributed by atoms with Crippen molar-refractivity contribution in [2.24, 2.45) is 0 Å². The summed E-state index contributed by atoms with van der Waals surface area (Å²) >= 11 is 1.39. The Balaban J connectivity index is 2.06. The number of nitriles is 1. The number of nitrogens with zero attached hydrogens (tertiary/aromatic N) is 2. The molecule has 0 radical (unpaired) electrons. The van der Waals surface area contributed by atoms with Crippen molar-refractivity contribution in [3.05, 3.63) is 64.7 Å². The average molecular weight is 298 g/mol. The SMILES string of the molecule is N#C/C(=C\c1ccc(F)c(F)c1)c1nc2ccccc2s1. The van der Waals surface area contributed by atoms with Crippen LogP contribution in [0.4, 0.5) is 8.78 Å². The minimum absolute atomic E-state index is 0.321. The standard InChI is InChI=1S/C16H8F2N2S/c17-12-6-5-10(8-13(12)18)7-11(9-19)16-20-14-3-1-2-4-15(14)21-16/h1-8H/b11-7+. The zero-order valence-corrected chi connectivity index (χ0v) is 11.5. The van der Waals surface area contributed by atoms with E-state index in [1.807, 2.05) is 24.3 Å². The predicted octanol–water partition coefficient (Wildman–Crippen LogP) is 4.64. The van der Waals surface area contributed by atoms with Gasteiger partial charge in [0.1, 0.15) is 11.1 Å². The molecule has 0 saturated carbocycles. The van der Waals surface area contributed by atoms with E-state index in [0.717, 1.165) is 22.3 Å². The van der Waals surface area contributed by atoms with Crippen LogP contribution >= 0.6 is 11.3 Å². The first-order valence-corrected chi connectivity index (χ1v) is 6.92. The molecule has 2 nitrogen and oxygen atoms in total. The second kappa shape index (κ2) is 5.43. The fourth-order valence-corrected chi connectivity index (χ4v) is 2.83. The number of fused-ring (bicyclic) bond motifs is 1. The maximum Gasteiger partial charge on any atom is 0.159 e. The van der Waals surface area contributed by atoms with Gasteiger partial charge >= 0.3 is 0 Å². The van der Waals surface area contributed by atoms with E-state index in [1.165, 1.54) is 23.5 Å². The Kier molecular flexibility index (Phi) is 3.46. The van der Waals surface area contributed by atoms with Crippen LogP contribution in [0, 0.1) is 23.0 Å². The fraction of sp³-hybridized carbons (Fsp3) is 0. The lowest BCUT2D eigenvalue weighted by atomic mass is 10.1. The van der Waals surface area contributed by atoms with E-state index in [2.05, 4.69) is 11.1 Å². The van der Waals surface area contributed by atoms with Gasteiger partial charge in [0.2, 0.25) is 0 Å². The Morgan fingerprint density at radius 2 is 1.95 bits per heavy atom. The van der Waals surface area contributed by atoms with Crippen LogP contribution in [0.3, 0.4) is 0 Å². The highest BCUT2D eigenvalue weighted by molar-refractivity contribution is 7.19. The molecule has 5 heteroatoms. The van der Waals surface area contributed by atoms with Crippen LogP contribution in [0.1, 0.15) is 10.6 Å². The first-order chi connectivity index (χ1) is 10.2. The van der Waals surface area contributed by atoms with Crippen LogP contribution in [0.2, 0.25) is 0 Å². The van der Waals surface area contributed by atoms with Crippen molar-refractivity contribution in [2.45, 2.75) is 0 Å². The monoisotopic (exact) mass is 298 g/mol. The summed E-state index contributed by atoms with van der Waals surface area (Å²) in [6.07, 6.45) is 1.50. The van der Waals surface area contributed by atoms with Gasteiger partial charge in [0.25, 0.3) is 0 Å². The maximum atomic E-state index is 13.2. The molecular formula is C16H8F2N2S. The molecule has 0 N–H and O–H groups in total. The van der Waals surface area contributed by atoms with Gasteiger partial charge in [-0.3, -0.25) is 0 Å². The third-order valence-corrected chi connectivity index (χ3v) is 3.97. The van der Waals surface area contributed by atoms with Crippen LogP contribution in [0.15, 0.2) is 42.5 Å². The van der Waals surface area contributed by atoms with E-state index in [-0.39, 0.29) is 0 Å². The van der Waals surface area contributed by atoms with Gasteiger partial charge in [0.15, 0.2) is 11.6 Å². The van der Waals surface area contributed by atoms with Gasteiger partial charge in [0, 0.05) is 0 Å². The normalized spacial score (nSPS) is 11.6. The summed E-state index contributed by atoms with van der Waals surface area (Å²) in [5, 5.41) is 9.83. The Bertz CT molecular complexity index is 858. The van der Waals surface area contributed by atoms with Crippen molar-refractivity contribution in [1.82, 2.24) is 4.98 Å². The minimum Gasteiger partial charge on any atom is -0.235 e. The van der Waals surface area contributed by atoms with E-state index in [1.54, 1.807) is 0 Å². The Morgan fingerprint density at radius 3 is 2.67 bits per heavy atom. The van der Waals surface area contributed by atoms with Crippen molar-refractivity contribution >= 4 is 33.2 Å². The van der Waals surface area contributed by atoms with Crippen molar-refractivity contribution in [3.8, 4) is 6.07 Å². The lowest BCUT2D eigenvalue weighted by Gasteiger charge is -1.97. The number of thiazole rings is 1. The van der Waals surface area contributed by atoms with Gasteiger partial charge in [-0.2, -0.15) is 5.26 Å². The largest absolute Gasteiger partial charge is 0.235 e. The van der Waals surface area contributed by atoms with E-state index < -0.39 is 11.6 Å². The lowest BCUT2D eigenvalue weighted by Crippen LogP contribution is -1.85. The summed E-state index contributed by atoms with van der Waals surface area (Å²) in [5.74, 6) is -1.85. The quantitative estimate of drug-likeness (QED) is 0.646. The molecule has 1 aromatic heterocycles. The summed E-state index contributed by atoms with van der Waals surface area (Å²) in [6.45, 7) is 0. The molecule has 3 rings (SSSR count). The molecule has 2 aromatic carbocycles. The highest BCUT2D eigenvalue weighted by atomic mass is 32.1. The number of para-hydroxylation sites is 1. The van der Waals surface area contributed by atoms with Crippen molar-refractivity contribution in [2.75, 3.05) is 0 Å². The second-order valence-corrected chi connectivity index (χ2v) is 5.36. The molecule has 0 bridgehead atoms. The molecule has 3 aromatic rings. The van der Waals surface area contributed by atoms with Gasteiger partial charge in [-0.15, -0.1) is 11.3 Å². The molecule has 0 spiro atoms. The zero-order chi connectivity index (χ0) is 14.8. The summed E-state index contributed by atoms with van der Waals surface area (Å²) in [4.78, 5) is 4.38. The van der Waals surface area contributed by atoms with Crippen LogP contribution in [-0.4, -0.2) is 4.98 Å². The van der Waals surface area contributed by atoms with Gasteiger partial charge in [-0.1, -0.05) is 18.2 Å². The second-order valence-electron chi connectivity index (χ2n) is 4.33. The van der Waals surface area contributed by atoms with Crippen LogP contribution in [0.5, 0.6) is 0 Å². The van der Waals surface area contributed by atoms with E-state index in [0.29, 0.717) is 16.1 Å². The molecule has 0 amide bonds. The molecule has 0 aliphatic carbocycles. The maximum absolute atomic E-state index is 13.2. The third kappa shape index (κ3) is 2.67. The molecule has 0 atom stereocenters. The molecule has 0 fully saturated rings.